The Morgan fingerprint density at radius 2 is 2.03 bits per heavy atom. The third-order valence-electron chi connectivity index (χ3n) is 5.59. The first-order valence-corrected chi connectivity index (χ1v) is 10.5. The van der Waals surface area contributed by atoms with Gasteiger partial charge < -0.3 is 5.32 Å². The van der Waals surface area contributed by atoms with Crippen LogP contribution in [-0.4, -0.2) is 28.4 Å². The van der Waals surface area contributed by atoms with Crippen LogP contribution in [0.2, 0.25) is 0 Å². The maximum atomic E-state index is 13.5. The van der Waals surface area contributed by atoms with Gasteiger partial charge in [0.05, 0.1) is 6.17 Å². The molecule has 0 aliphatic carbocycles. The third-order valence-corrected chi connectivity index (χ3v) is 5.59. The summed E-state index contributed by atoms with van der Waals surface area (Å²) in [6, 6.07) is 5.44. The van der Waals surface area contributed by atoms with Crippen molar-refractivity contribution in [3.8, 4) is 0 Å². The number of rotatable bonds is 8. The molecule has 1 fully saturated rings. The van der Waals surface area contributed by atoms with E-state index in [4.69, 9.17) is 0 Å². The van der Waals surface area contributed by atoms with Crippen LogP contribution in [0.1, 0.15) is 55.6 Å². The highest BCUT2D eigenvalue weighted by Crippen LogP contribution is 2.28. The predicted octanol–water partition coefficient (Wildman–Crippen LogP) is 3.90. The quantitative estimate of drug-likeness (QED) is 0.702. The Balaban J connectivity index is 1.64. The van der Waals surface area contributed by atoms with E-state index in [-0.39, 0.29) is 23.9 Å². The van der Waals surface area contributed by atoms with Crippen LogP contribution in [0, 0.1) is 23.5 Å². The average Bonchev–Trinajstić information content (AvgIpc) is 3.16. The standard InChI is InChI=1S/C22H30F2N4O/c1-3-5-6-17-10-16(9-15-11-18(23)13-19(24)12-15)14-25-21(17)26-22(29)20-7-8-28(4-2)27-20/h7-8,11-13,16-17,21,25H,3-6,9-10,14H2,1-2H3,(H,26,29). The number of nitrogens with one attached hydrogen (secondary N) is 2. The minimum atomic E-state index is -0.539. The first kappa shape index (κ1) is 21.4. The Hall–Kier alpha value is -2.28. The third kappa shape index (κ3) is 5.85. The molecule has 2 N–H and O–H groups in total. The van der Waals surface area contributed by atoms with Gasteiger partial charge in [-0.3, -0.25) is 14.8 Å². The molecule has 1 aromatic heterocycles. The first-order valence-electron chi connectivity index (χ1n) is 10.5. The van der Waals surface area contributed by atoms with E-state index in [9.17, 15) is 13.6 Å². The number of hydrogen-bond acceptors (Lipinski definition) is 3. The Kier molecular flexibility index (Phi) is 7.36. The molecule has 3 atom stereocenters. The van der Waals surface area contributed by atoms with Gasteiger partial charge in [-0.15, -0.1) is 0 Å². The van der Waals surface area contributed by atoms with Gasteiger partial charge in [0.15, 0.2) is 0 Å². The lowest BCUT2D eigenvalue weighted by atomic mass is 9.81. The van der Waals surface area contributed by atoms with Crippen molar-refractivity contribution < 1.29 is 13.6 Å². The van der Waals surface area contributed by atoms with Crippen molar-refractivity contribution in [2.45, 2.75) is 58.7 Å². The highest BCUT2D eigenvalue weighted by molar-refractivity contribution is 5.92. The highest BCUT2D eigenvalue weighted by Gasteiger charge is 2.31. The normalized spacial score (nSPS) is 21.9. The van der Waals surface area contributed by atoms with E-state index in [1.807, 2.05) is 6.92 Å². The molecule has 0 saturated carbocycles. The molecular weight excluding hydrogens is 374 g/mol. The average molecular weight is 405 g/mol. The van der Waals surface area contributed by atoms with Crippen molar-refractivity contribution in [1.29, 1.82) is 0 Å². The molecule has 3 rings (SSSR count). The van der Waals surface area contributed by atoms with Crippen LogP contribution < -0.4 is 10.6 Å². The molecule has 1 aliphatic rings. The van der Waals surface area contributed by atoms with Crippen molar-refractivity contribution in [3.05, 3.63) is 53.4 Å². The molecule has 2 aromatic rings. The van der Waals surface area contributed by atoms with E-state index in [0.717, 1.165) is 38.3 Å². The van der Waals surface area contributed by atoms with Crippen LogP contribution in [0.4, 0.5) is 8.78 Å². The fraction of sp³-hybridized carbons (Fsp3) is 0.545. The summed E-state index contributed by atoms with van der Waals surface area (Å²) in [6.07, 6.45) is 6.34. The molecule has 1 aliphatic heterocycles. The molecule has 158 valence electrons. The van der Waals surface area contributed by atoms with Crippen molar-refractivity contribution in [2.24, 2.45) is 11.8 Å². The summed E-state index contributed by atoms with van der Waals surface area (Å²) in [6.45, 7) is 5.53. The zero-order valence-electron chi connectivity index (χ0n) is 17.1. The second kappa shape index (κ2) is 9.96. The Morgan fingerprint density at radius 3 is 2.69 bits per heavy atom. The molecule has 5 nitrogen and oxygen atoms in total. The van der Waals surface area contributed by atoms with Gasteiger partial charge in [0.2, 0.25) is 0 Å². The summed E-state index contributed by atoms with van der Waals surface area (Å²) in [5.41, 5.74) is 1.09. The van der Waals surface area contributed by atoms with E-state index in [1.54, 1.807) is 16.9 Å². The van der Waals surface area contributed by atoms with Gasteiger partial charge in [-0.05, 0) is 61.8 Å². The number of amides is 1. The lowest BCUT2D eigenvalue weighted by Gasteiger charge is -2.37. The largest absolute Gasteiger partial charge is 0.335 e. The minimum absolute atomic E-state index is 0.124. The van der Waals surface area contributed by atoms with Crippen LogP contribution >= 0.6 is 0 Å². The van der Waals surface area contributed by atoms with Crippen molar-refractivity contribution in [1.82, 2.24) is 20.4 Å². The number of unbranched alkanes of at least 4 members (excludes halogenated alkanes) is 1. The molecule has 1 aromatic carbocycles. The van der Waals surface area contributed by atoms with Crippen molar-refractivity contribution >= 4 is 5.91 Å². The summed E-state index contributed by atoms with van der Waals surface area (Å²) in [7, 11) is 0. The first-order chi connectivity index (χ1) is 14.0. The van der Waals surface area contributed by atoms with Gasteiger partial charge >= 0.3 is 0 Å². The summed E-state index contributed by atoms with van der Waals surface area (Å²) in [5, 5.41) is 10.8. The van der Waals surface area contributed by atoms with Crippen LogP contribution in [0.3, 0.4) is 0 Å². The molecule has 1 amide bonds. The number of aryl methyl sites for hydroxylation is 1. The zero-order chi connectivity index (χ0) is 20.8. The summed E-state index contributed by atoms with van der Waals surface area (Å²) < 4.78 is 28.7. The van der Waals surface area contributed by atoms with Crippen molar-refractivity contribution in [2.75, 3.05) is 6.54 Å². The summed E-state index contributed by atoms with van der Waals surface area (Å²) >= 11 is 0. The number of carbonyl (C=O) groups is 1. The predicted molar refractivity (Wildman–Crippen MR) is 108 cm³/mol. The molecule has 0 bridgehead atoms. The van der Waals surface area contributed by atoms with Crippen LogP contribution in [-0.2, 0) is 13.0 Å². The number of benzene rings is 1. The van der Waals surface area contributed by atoms with Gasteiger partial charge in [0, 0.05) is 25.4 Å². The van der Waals surface area contributed by atoms with Crippen LogP contribution in [0.15, 0.2) is 30.5 Å². The summed E-state index contributed by atoms with van der Waals surface area (Å²) in [4.78, 5) is 12.6. The monoisotopic (exact) mass is 404 g/mol. The fourth-order valence-electron chi connectivity index (χ4n) is 4.12. The number of carbonyl (C=O) groups excluding carboxylic acids is 1. The highest BCUT2D eigenvalue weighted by atomic mass is 19.1. The van der Waals surface area contributed by atoms with Crippen LogP contribution in [0.5, 0.6) is 0 Å². The van der Waals surface area contributed by atoms with Gasteiger partial charge in [-0.2, -0.15) is 5.10 Å². The number of piperidine rings is 1. The maximum Gasteiger partial charge on any atom is 0.273 e. The van der Waals surface area contributed by atoms with E-state index in [0.29, 0.717) is 24.2 Å². The molecule has 0 spiro atoms. The lowest BCUT2D eigenvalue weighted by Crippen LogP contribution is -2.55. The second-order valence-electron chi connectivity index (χ2n) is 7.90. The van der Waals surface area contributed by atoms with Crippen molar-refractivity contribution in [3.63, 3.8) is 0 Å². The number of nitrogens with zero attached hydrogens (tertiary/aromatic N) is 2. The smallest absolute Gasteiger partial charge is 0.273 e. The molecule has 29 heavy (non-hydrogen) atoms. The second-order valence-corrected chi connectivity index (χ2v) is 7.90. The Labute approximate surface area is 170 Å². The SMILES string of the molecule is CCCCC1CC(Cc2cc(F)cc(F)c2)CNC1NC(=O)c1ccn(CC)n1. The van der Waals surface area contributed by atoms with E-state index >= 15 is 0 Å². The minimum Gasteiger partial charge on any atom is -0.335 e. The topological polar surface area (TPSA) is 58.9 Å². The number of aromatic nitrogens is 2. The van der Waals surface area contributed by atoms with Crippen LogP contribution in [0.25, 0.3) is 0 Å². The molecule has 0 radical (unpaired) electrons. The molecular formula is C22H30F2N4O. The van der Waals surface area contributed by atoms with E-state index in [2.05, 4.69) is 22.7 Å². The fourth-order valence-corrected chi connectivity index (χ4v) is 4.12. The zero-order valence-corrected chi connectivity index (χ0v) is 17.1. The van der Waals surface area contributed by atoms with E-state index in [1.165, 1.54) is 12.1 Å². The maximum absolute atomic E-state index is 13.5. The number of hydrogen-bond donors (Lipinski definition) is 2. The summed E-state index contributed by atoms with van der Waals surface area (Å²) in [5.74, 6) is -0.720. The van der Waals surface area contributed by atoms with Gasteiger partial charge in [-0.25, -0.2) is 8.78 Å². The van der Waals surface area contributed by atoms with Gasteiger partial charge in [0.1, 0.15) is 17.3 Å². The molecule has 3 unspecified atom stereocenters. The number of halogens is 2. The Morgan fingerprint density at radius 1 is 1.28 bits per heavy atom. The van der Waals surface area contributed by atoms with Gasteiger partial charge in [0.25, 0.3) is 5.91 Å². The Bertz CT molecular complexity index is 803. The lowest BCUT2D eigenvalue weighted by molar-refractivity contribution is 0.0862. The van der Waals surface area contributed by atoms with Gasteiger partial charge in [-0.1, -0.05) is 19.8 Å². The van der Waals surface area contributed by atoms with E-state index < -0.39 is 11.6 Å². The molecule has 1 saturated heterocycles. The molecule has 7 heteroatoms. The molecule has 2 heterocycles.